The molecule has 2 aromatic heterocycles. The molecular weight excluding hydrogens is 472 g/mol. The van der Waals surface area contributed by atoms with Crippen molar-refractivity contribution in [2.45, 2.75) is 53.4 Å². The number of carbonyl (C=O) groups is 2. The van der Waals surface area contributed by atoms with Crippen molar-refractivity contribution < 1.29 is 18.8 Å². The van der Waals surface area contributed by atoms with Crippen molar-refractivity contribution in [3.8, 4) is 11.3 Å². The van der Waals surface area contributed by atoms with Gasteiger partial charge in [0.15, 0.2) is 0 Å². The average Bonchev–Trinajstić information content (AvgIpc) is 3.38. The number of hydrogen-bond donors (Lipinski definition) is 1. The number of hydrogen-bond acceptors (Lipinski definition) is 6. The van der Waals surface area contributed by atoms with Crippen LogP contribution in [0.4, 0.5) is 5.00 Å². The third kappa shape index (κ3) is 4.39. The molecule has 4 rings (SSSR count). The second-order valence-corrected chi connectivity index (χ2v) is 10.9. The van der Waals surface area contributed by atoms with E-state index in [1.165, 1.54) is 18.4 Å². The van der Waals surface area contributed by atoms with Crippen molar-refractivity contribution in [2.75, 3.05) is 12.4 Å². The first-order valence-corrected chi connectivity index (χ1v) is 12.6. The number of aryl methyl sites for hydroxylation is 1. The number of methoxy groups -OCH3 is 1. The summed E-state index contributed by atoms with van der Waals surface area (Å²) in [7, 11) is 1.36. The highest BCUT2D eigenvalue weighted by molar-refractivity contribution is 7.17. The Kier molecular flexibility index (Phi) is 6.87. The summed E-state index contributed by atoms with van der Waals surface area (Å²) in [6.45, 7) is 8.49. The van der Waals surface area contributed by atoms with E-state index in [4.69, 9.17) is 20.9 Å². The number of carbonyl (C=O) groups excluding carboxylic acids is 2. The van der Waals surface area contributed by atoms with E-state index in [0.29, 0.717) is 44.1 Å². The Morgan fingerprint density at radius 2 is 2.03 bits per heavy atom. The van der Waals surface area contributed by atoms with E-state index in [0.717, 1.165) is 36.1 Å². The molecule has 1 aliphatic carbocycles. The quantitative estimate of drug-likeness (QED) is 0.370. The minimum atomic E-state index is -0.436. The molecule has 0 fully saturated rings. The van der Waals surface area contributed by atoms with Crippen LogP contribution in [0, 0.1) is 18.3 Å². The molecular formula is C26H29ClN2O4S. The van der Waals surface area contributed by atoms with Crippen LogP contribution >= 0.6 is 22.9 Å². The molecule has 1 aromatic carbocycles. The highest BCUT2D eigenvalue weighted by Crippen LogP contribution is 2.46. The second-order valence-electron chi connectivity index (χ2n) is 9.38. The van der Waals surface area contributed by atoms with Crippen molar-refractivity contribution in [3.05, 3.63) is 56.6 Å². The average molecular weight is 501 g/mol. The van der Waals surface area contributed by atoms with Crippen molar-refractivity contribution in [2.24, 2.45) is 11.3 Å². The van der Waals surface area contributed by atoms with Crippen molar-refractivity contribution in [1.82, 2.24) is 5.16 Å². The van der Waals surface area contributed by atoms with E-state index < -0.39 is 11.9 Å². The maximum absolute atomic E-state index is 13.4. The number of nitrogens with one attached hydrogen (secondary N) is 1. The van der Waals surface area contributed by atoms with E-state index in [1.54, 1.807) is 19.1 Å². The van der Waals surface area contributed by atoms with Gasteiger partial charge in [0.05, 0.1) is 17.7 Å². The van der Waals surface area contributed by atoms with Crippen LogP contribution in [0.5, 0.6) is 0 Å². The van der Waals surface area contributed by atoms with Gasteiger partial charge in [0.1, 0.15) is 22.0 Å². The lowest BCUT2D eigenvalue weighted by molar-refractivity contribution is 0.0600. The molecule has 0 unspecified atom stereocenters. The number of benzene rings is 1. The summed E-state index contributed by atoms with van der Waals surface area (Å²) in [6.07, 6.45) is 3.77. The zero-order valence-corrected chi connectivity index (χ0v) is 21.7. The van der Waals surface area contributed by atoms with Crippen LogP contribution in [0.3, 0.4) is 0 Å². The summed E-state index contributed by atoms with van der Waals surface area (Å²) in [4.78, 5) is 27.3. The van der Waals surface area contributed by atoms with Gasteiger partial charge in [-0.25, -0.2) is 4.79 Å². The number of aromatic nitrogens is 1. The van der Waals surface area contributed by atoms with Crippen LogP contribution in [0.25, 0.3) is 11.3 Å². The molecule has 1 aliphatic rings. The van der Waals surface area contributed by atoms with E-state index in [1.807, 2.05) is 12.1 Å². The SMILES string of the molecule is CCC(C)(C)[C@H]1CCc2c(sc(NC(=O)c3c(-c4ccccc4Cl)noc3C)c2C(=O)OC)C1. The van der Waals surface area contributed by atoms with Crippen molar-refractivity contribution >= 4 is 39.8 Å². The zero-order chi connectivity index (χ0) is 24.6. The lowest BCUT2D eigenvalue weighted by Crippen LogP contribution is -2.28. The molecule has 1 N–H and O–H groups in total. The summed E-state index contributed by atoms with van der Waals surface area (Å²) < 4.78 is 10.4. The molecule has 1 atom stereocenters. The van der Waals surface area contributed by atoms with E-state index in [9.17, 15) is 9.59 Å². The van der Waals surface area contributed by atoms with E-state index in [2.05, 4.69) is 31.2 Å². The van der Waals surface area contributed by atoms with Gasteiger partial charge in [-0.2, -0.15) is 0 Å². The van der Waals surface area contributed by atoms with Crippen LogP contribution in [0.2, 0.25) is 5.02 Å². The van der Waals surface area contributed by atoms with Gasteiger partial charge < -0.3 is 14.6 Å². The van der Waals surface area contributed by atoms with E-state index >= 15 is 0 Å². The van der Waals surface area contributed by atoms with Gasteiger partial charge in [0, 0.05) is 10.4 Å². The molecule has 0 radical (unpaired) electrons. The molecule has 0 bridgehead atoms. The fourth-order valence-corrected chi connectivity index (χ4v) is 6.13. The van der Waals surface area contributed by atoms with Gasteiger partial charge in [-0.15, -0.1) is 11.3 Å². The molecule has 2 heterocycles. The largest absolute Gasteiger partial charge is 0.465 e. The van der Waals surface area contributed by atoms with Crippen LogP contribution in [0.1, 0.15) is 70.5 Å². The highest BCUT2D eigenvalue weighted by Gasteiger charge is 2.36. The summed E-state index contributed by atoms with van der Waals surface area (Å²) in [5.74, 6) is 0.0557. The standard InChI is InChI=1S/C26H29ClN2O4S/c1-6-26(3,4)15-11-12-17-19(13-15)34-24(21(17)25(31)32-5)28-23(30)20-14(2)33-29-22(20)16-9-7-8-10-18(16)27/h7-10,15H,6,11-13H2,1-5H3,(H,28,30)/t15-/m0/s1. The Labute approximate surface area is 208 Å². The van der Waals surface area contributed by atoms with Gasteiger partial charge in [0.25, 0.3) is 5.91 Å². The number of rotatable bonds is 6. The van der Waals surface area contributed by atoms with Crippen molar-refractivity contribution in [3.63, 3.8) is 0 Å². The number of nitrogens with zero attached hydrogens (tertiary/aromatic N) is 1. The zero-order valence-electron chi connectivity index (χ0n) is 20.1. The molecule has 8 heteroatoms. The second kappa shape index (κ2) is 9.55. The summed E-state index contributed by atoms with van der Waals surface area (Å²) >= 11 is 7.81. The summed E-state index contributed by atoms with van der Waals surface area (Å²) in [5.41, 5.74) is 2.92. The Morgan fingerprint density at radius 3 is 2.71 bits per heavy atom. The Bertz CT molecular complexity index is 1240. The van der Waals surface area contributed by atoms with Crippen LogP contribution in [-0.2, 0) is 17.6 Å². The fourth-order valence-electron chi connectivity index (χ4n) is 4.59. The molecule has 6 nitrogen and oxygen atoms in total. The van der Waals surface area contributed by atoms with Gasteiger partial charge >= 0.3 is 5.97 Å². The number of halogens is 1. The first kappa shape index (κ1) is 24.5. The molecule has 0 spiro atoms. The van der Waals surface area contributed by atoms with Gasteiger partial charge in [-0.05, 0) is 49.1 Å². The third-order valence-corrected chi connectivity index (χ3v) is 8.62. The monoisotopic (exact) mass is 500 g/mol. The molecule has 34 heavy (non-hydrogen) atoms. The van der Waals surface area contributed by atoms with E-state index in [-0.39, 0.29) is 5.41 Å². The normalized spacial score (nSPS) is 15.6. The minimum Gasteiger partial charge on any atom is -0.465 e. The molecule has 0 saturated heterocycles. The van der Waals surface area contributed by atoms with Crippen molar-refractivity contribution in [1.29, 1.82) is 0 Å². The summed E-state index contributed by atoms with van der Waals surface area (Å²) in [5, 5.41) is 8.02. The Balaban J connectivity index is 1.71. The number of esters is 1. The fraction of sp³-hybridized carbons (Fsp3) is 0.423. The predicted molar refractivity (Wildman–Crippen MR) is 135 cm³/mol. The summed E-state index contributed by atoms with van der Waals surface area (Å²) in [6, 6.07) is 7.16. The van der Waals surface area contributed by atoms with Crippen LogP contribution in [-0.4, -0.2) is 24.1 Å². The first-order chi connectivity index (χ1) is 16.2. The molecule has 180 valence electrons. The lowest BCUT2D eigenvalue weighted by Gasteiger charge is -2.36. The van der Waals surface area contributed by atoms with Crippen LogP contribution < -0.4 is 5.32 Å². The van der Waals surface area contributed by atoms with Gasteiger partial charge in [0.2, 0.25) is 0 Å². The Hall–Kier alpha value is -2.64. The Morgan fingerprint density at radius 1 is 1.29 bits per heavy atom. The molecule has 1 amide bonds. The number of thiophene rings is 1. The number of ether oxygens (including phenoxy) is 1. The maximum atomic E-state index is 13.4. The number of anilines is 1. The smallest absolute Gasteiger partial charge is 0.341 e. The highest BCUT2D eigenvalue weighted by atomic mass is 35.5. The minimum absolute atomic E-state index is 0.208. The first-order valence-electron chi connectivity index (χ1n) is 11.4. The maximum Gasteiger partial charge on any atom is 0.341 e. The van der Waals surface area contributed by atoms with Gasteiger partial charge in [-0.3, -0.25) is 4.79 Å². The van der Waals surface area contributed by atoms with Gasteiger partial charge in [-0.1, -0.05) is 62.1 Å². The number of fused-ring (bicyclic) bond motifs is 1. The third-order valence-electron chi connectivity index (χ3n) is 7.12. The molecule has 0 aliphatic heterocycles. The molecule has 3 aromatic rings. The predicted octanol–water partition coefficient (Wildman–Crippen LogP) is 6.94. The number of amides is 1. The topological polar surface area (TPSA) is 81.4 Å². The lowest BCUT2D eigenvalue weighted by atomic mass is 9.69. The van der Waals surface area contributed by atoms with Crippen LogP contribution in [0.15, 0.2) is 28.8 Å². The molecule has 0 saturated carbocycles.